The number of carbonyl (C=O) groups is 4. The van der Waals surface area contributed by atoms with Crippen LogP contribution in [0.1, 0.15) is 63.2 Å². The highest BCUT2D eigenvalue weighted by atomic mass is 16.5. The lowest BCUT2D eigenvalue weighted by atomic mass is 9.77. The molecule has 1 aromatic rings. The molecule has 0 atom stereocenters. The van der Waals surface area contributed by atoms with E-state index >= 15 is 0 Å². The minimum Gasteiger partial charge on any atom is -0.493 e. The first kappa shape index (κ1) is 25.3. The molecule has 186 valence electrons. The lowest BCUT2D eigenvalue weighted by Crippen LogP contribution is -2.52. The summed E-state index contributed by atoms with van der Waals surface area (Å²) in [7, 11) is 1.46. The Hall–Kier alpha value is -3.30. The maximum Gasteiger partial charge on any atom is 0.344 e. The minimum atomic E-state index is -0.969. The zero-order valence-corrected chi connectivity index (χ0v) is 20.1. The van der Waals surface area contributed by atoms with E-state index in [1.165, 1.54) is 19.2 Å². The van der Waals surface area contributed by atoms with Gasteiger partial charge in [-0.2, -0.15) is 5.01 Å². The summed E-state index contributed by atoms with van der Waals surface area (Å²) in [6.45, 7) is 6.15. The van der Waals surface area contributed by atoms with Gasteiger partial charge in [0.1, 0.15) is 5.54 Å². The van der Waals surface area contributed by atoms with Crippen LogP contribution in [0.3, 0.4) is 0 Å². The SMILES string of the molecule is COc1cc(C(=O)OCC(=O)NN2C(=O)NC3(CCC(C)CC3)C2=O)ccc1OCCC(C)C. The topological polar surface area (TPSA) is 123 Å². The van der Waals surface area contributed by atoms with Crippen molar-refractivity contribution in [1.29, 1.82) is 0 Å². The molecule has 2 fully saturated rings. The molecule has 0 unspecified atom stereocenters. The number of carbonyl (C=O) groups excluding carboxylic acids is 4. The summed E-state index contributed by atoms with van der Waals surface area (Å²) >= 11 is 0. The van der Waals surface area contributed by atoms with Gasteiger partial charge in [0.25, 0.3) is 11.8 Å². The lowest BCUT2D eigenvalue weighted by molar-refractivity contribution is -0.141. The second kappa shape index (κ2) is 10.8. The van der Waals surface area contributed by atoms with E-state index in [0.717, 1.165) is 19.3 Å². The van der Waals surface area contributed by atoms with Gasteiger partial charge in [-0.15, -0.1) is 0 Å². The first-order valence-corrected chi connectivity index (χ1v) is 11.6. The Bertz CT molecular complexity index is 938. The van der Waals surface area contributed by atoms with E-state index in [4.69, 9.17) is 14.2 Å². The zero-order valence-electron chi connectivity index (χ0n) is 20.1. The average molecular weight is 476 g/mol. The van der Waals surface area contributed by atoms with Crippen molar-refractivity contribution in [1.82, 2.24) is 15.8 Å². The number of amides is 4. The number of nitrogens with one attached hydrogen (secondary N) is 2. The van der Waals surface area contributed by atoms with Crippen LogP contribution < -0.4 is 20.2 Å². The zero-order chi connectivity index (χ0) is 24.9. The quantitative estimate of drug-likeness (QED) is 0.416. The molecule has 1 spiro atoms. The number of nitrogens with zero attached hydrogens (tertiary/aromatic N) is 1. The molecule has 10 heteroatoms. The smallest absolute Gasteiger partial charge is 0.344 e. The predicted molar refractivity (Wildman–Crippen MR) is 122 cm³/mol. The van der Waals surface area contributed by atoms with Crippen LogP contribution in [0.4, 0.5) is 4.79 Å². The Morgan fingerprint density at radius 3 is 2.56 bits per heavy atom. The number of esters is 1. The molecule has 1 heterocycles. The number of ether oxygens (including phenoxy) is 3. The highest BCUT2D eigenvalue weighted by Gasteiger charge is 2.52. The Morgan fingerprint density at radius 2 is 1.91 bits per heavy atom. The molecule has 0 bridgehead atoms. The molecule has 1 aromatic carbocycles. The number of hydrogen-bond donors (Lipinski definition) is 2. The van der Waals surface area contributed by atoms with Gasteiger partial charge >= 0.3 is 12.0 Å². The van der Waals surface area contributed by atoms with Crippen molar-refractivity contribution in [3.8, 4) is 11.5 Å². The third-order valence-corrected chi connectivity index (χ3v) is 6.21. The normalized spacial score (nSPS) is 22.0. The number of methoxy groups -OCH3 is 1. The van der Waals surface area contributed by atoms with Gasteiger partial charge in [0.2, 0.25) is 0 Å². The molecular formula is C24H33N3O7. The highest BCUT2D eigenvalue weighted by molar-refractivity contribution is 6.08. The first-order chi connectivity index (χ1) is 16.1. The van der Waals surface area contributed by atoms with Crippen LogP contribution in [0.25, 0.3) is 0 Å². The van der Waals surface area contributed by atoms with Gasteiger partial charge in [-0.05, 0) is 62.1 Å². The molecule has 4 amide bonds. The molecule has 10 nitrogen and oxygen atoms in total. The third kappa shape index (κ3) is 5.78. The van der Waals surface area contributed by atoms with Crippen LogP contribution in [-0.4, -0.2) is 54.7 Å². The number of benzene rings is 1. The number of hydrogen-bond acceptors (Lipinski definition) is 7. The van der Waals surface area contributed by atoms with Crippen LogP contribution in [0, 0.1) is 11.8 Å². The predicted octanol–water partition coefficient (Wildman–Crippen LogP) is 2.81. The monoisotopic (exact) mass is 475 g/mol. The van der Waals surface area contributed by atoms with Crippen LogP contribution >= 0.6 is 0 Å². The minimum absolute atomic E-state index is 0.172. The maximum atomic E-state index is 12.8. The number of urea groups is 1. The van der Waals surface area contributed by atoms with Crippen molar-refractivity contribution < 1.29 is 33.4 Å². The average Bonchev–Trinajstić information content (AvgIpc) is 3.03. The van der Waals surface area contributed by atoms with Crippen molar-refractivity contribution in [3.63, 3.8) is 0 Å². The fourth-order valence-electron chi connectivity index (χ4n) is 4.01. The van der Waals surface area contributed by atoms with Gasteiger partial charge in [0.05, 0.1) is 19.3 Å². The van der Waals surface area contributed by atoms with Gasteiger partial charge in [-0.3, -0.25) is 15.0 Å². The van der Waals surface area contributed by atoms with Gasteiger partial charge in [0, 0.05) is 0 Å². The van der Waals surface area contributed by atoms with Gasteiger partial charge in [0.15, 0.2) is 18.1 Å². The lowest BCUT2D eigenvalue weighted by Gasteiger charge is -2.33. The maximum absolute atomic E-state index is 12.8. The standard InChI is InChI=1S/C24H33N3O7/c1-15(2)9-12-33-18-6-5-17(13-19(18)32-4)21(29)34-14-20(28)26-27-22(30)24(25-23(27)31)10-7-16(3)8-11-24/h5-6,13,15-16H,7-12,14H2,1-4H3,(H,25,31)(H,26,28). The van der Waals surface area contributed by atoms with Crippen molar-refractivity contribution in [3.05, 3.63) is 23.8 Å². The summed E-state index contributed by atoms with van der Waals surface area (Å²) in [6.07, 6.45) is 3.56. The second-order valence-corrected chi connectivity index (χ2v) is 9.34. The van der Waals surface area contributed by atoms with Crippen LogP contribution in [-0.2, 0) is 14.3 Å². The van der Waals surface area contributed by atoms with Crippen molar-refractivity contribution in [2.75, 3.05) is 20.3 Å². The number of hydrazine groups is 1. The van der Waals surface area contributed by atoms with Gasteiger partial charge < -0.3 is 19.5 Å². The first-order valence-electron chi connectivity index (χ1n) is 11.6. The molecule has 3 rings (SSSR count). The number of rotatable bonds is 9. The molecule has 0 aromatic heterocycles. The van der Waals surface area contributed by atoms with Gasteiger partial charge in [-0.25, -0.2) is 9.59 Å². The van der Waals surface area contributed by atoms with E-state index in [1.807, 2.05) is 0 Å². The summed E-state index contributed by atoms with van der Waals surface area (Å²) in [6, 6.07) is 3.90. The van der Waals surface area contributed by atoms with Crippen LogP contribution in [0.2, 0.25) is 0 Å². The summed E-state index contributed by atoms with van der Waals surface area (Å²) in [4.78, 5) is 49.8. The Morgan fingerprint density at radius 1 is 1.21 bits per heavy atom. The summed E-state index contributed by atoms with van der Waals surface area (Å²) < 4.78 is 16.1. The fourth-order valence-corrected chi connectivity index (χ4v) is 4.01. The molecular weight excluding hydrogens is 442 g/mol. The molecule has 2 aliphatic rings. The van der Waals surface area contributed by atoms with E-state index in [2.05, 4.69) is 31.5 Å². The summed E-state index contributed by atoms with van der Waals surface area (Å²) in [5.41, 5.74) is 1.45. The Labute approximate surface area is 199 Å². The molecule has 1 saturated carbocycles. The summed E-state index contributed by atoms with van der Waals surface area (Å²) in [5, 5.41) is 3.39. The van der Waals surface area contributed by atoms with E-state index in [-0.39, 0.29) is 5.56 Å². The molecule has 0 radical (unpaired) electrons. The Balaban J connectivity index is 1.53. The van der Waals surface area contributed by atoms with Crippen molar-refractivity contribution >= 4 is 23.8 Å². The number of imide groups is 1. The van der Waals surface area contributed by atoms with E-state index in [0.29, 0.717) is 47.8 Å². The molecule has 1 saturated heterocycles. The van der Waals surface area contributed by atoms with E-state index < -0.39 is 36.0 Å². The van der Waals surface area contributed by atoms with Crippen LogP contribution in [0.5, 0.6) is 11.5 Å². The van der Waals surface area contributed by atoms with Crippen molar-refractivity contribution in [2.45, 2.75) is 58.4 Å². The molecule has 1 aliphatic carbocycles. The van der Waals surface area contributed by atoms with Crippen molar-refractivity contribution in [2.24, 2.45) is 11.8 Å². The van der Waals surface area contributed by atoms with Crippen LogP contribution in [0.15, 0.2) is 18.2 Å². The van der Waals surface area contributed by atoms with Gasteiger partial charge in [-0.1, -0.05) is 20.8 Å². The third-order valence-electron chi connectivity index (χ3n) is 6.21. The highest BCUT2D eigenvalue weighted by Crippen LogP contribution is 2.35. The molecule has 1 aliphatic heterocycles. The van der Waals surface area contributed by atoms with E-state index in [1.54, 1.807) is 6.07 Å². The largest absolute Gasteiger partial charge is 0.493 e. The second-order valence-electron chi connectivity index (χ2n) is 9.34. The Kier molecular flexibility index (Phi) is 8.01. The fraction of sp³-hybridized carbons (Fsp3) is 0.583. The van der Waals surface area contributed by atoms with E-state index in [9.17, 15) is 19.2 Å². The molecule has 34 heavy (non-hydrogen) atoms. The molecule has 2 N–H and O–H groups in total. The summed E-state index contributed by atoms with van der Waals surface area (Å²) in [5.74, 6) is -0.184.